The van der Waals surface area contributed by atoms with Crippen molar-refractivity contribution in [1.29, 1.82) is 5.26 Å². The fourth-order valence-electron chi connectivity index (χ4n) is 4.05. The molecule has 5 rings (SSSR count). The van der Waals surface area contributed by atoms with Crippen molar-refractivity contribution < 1.29 is 34.4 Å². The number of rotatable bonds is 5. The molecule has 0 unspecified atom stereocenters. The van der Waals surface area contributed by atoms with E-state index in [2.05, 4.69) is 20.4 Å². The van der Waals surface area contributed by atoms with Gasteiger partial charge in [0, 0.05) is 7.05 Å². The highest BCUT2D eigenvalue weighted by molar-refractivity contribution is 7.90. The van der Waals surface area contributed by atoms with Gasteiger partial charge in [0.15, 0.2) is 17.3 Å². The minimum Gasteiger partial charge on any atom is -0.326 e. The maximum Gasteiger partial charge on any atom is 0.296 e. The first-order chi connectivity index (χ1) is 18.7. The second-order valence-corrected chi connectivity index (χ2v) is 12.9. The minimum atomic E-state index is -4.96. The van der Waals surface area contributed by atoms with Crippen molar-refractivity contribution in [2.75, 3.05) is 11.9 Å². The number of azo groups is 1. The predicted molar refractivity (Wildman–Crippen MR) is 136 cm³/mol. The van der Waals surface area contributed by atoms with E-state index in [0.29, 0.717) is 11.8 Å². The average Bonchev–Trinajstić information content (AvgIpc) is 3.45. The molecule has 19 heteroatoms. The van der Waals surface area contributed by atoms with Gasteiger partial charge in [0.25, 0.3) is 30.3 Å². The summed E-state index contributed by atoms with van der Waals surface area (Å²) in [5, 5.41) is 25.7. The standard InChI is InChI=1S/C21H16N8O8S3/c1-12-19(21-27(2)15-5-3-4-6-17(15)38(30,31)29(21)26-12)24-25-20-13(10-22)11-23-28(20)16-9-14(39(32,33)34)7-8-18(16)40(35,36)37/h3-9,11H,1-2H3,(H,32,33,34)(H,35,36,37). The molecular weight excluding hydrogens is 588 g/mol. The van der Waals surface area contributed by atoms with E-state index in [1.165, 1.54) is 17.9 Å². The minimum absolute atomic E-state index is 0.0114. The lowest BCUT2D eigenvalue weighted by atomic mass is 10.3. The van der Waals surface area contributed by atoms with Gasteiger partial charge in [-0.2, -0.15) is 40.7 Å². The van der Waals surface area contributed by atoms with Crippen LogP contribution in [0.4, 0.5) is 23.0 Å². The second-order valence-electron chi connectivity index (χ2n) is 8.32. The summed E-state index contributed by atoms with van der Waals surface area (Å²) in [4.78, 5) is -0.0131. The van der Waals surface area contributed by atoms with Crippen LogP contribution in [0.15, 0.2) is 73.6 Å². The van der Waals surface area contributed by atoms with Crippen molar-refractivity contribution in [2.45, 2.75) is 21.6 Å². The molecule has 0 radical (unpaired) electrons. The highest BCUT2D eigenvalue weighted by Crippen LogP contribution is 2.44. The summed E-state index contributed by atoms with van der Waals surface area (Å²) in [6.45, 7) is 1.47. The molecule has 0 saturated heterocycles. The van der Waals surface area contributed by atoms with Gasteiger partial charge in [-0.3, -0.25) is 9.11 Å². The fraction of sp³-hybridized carbons (Fsp3) is 0.0952. The summed E-state index contributed by atoms with van der Waals surface area (Å²) in [5.41, 5.74) is -0.353. The maximum atomic E-state index is 13.2. The van der Waals surface area contributed by atoms with Crippen LogP contribution in [-0.4, -0.2) is 60.4 Å². The van der Waals surface area contributed by atoms with Crippen LogP contribution >= 0.6 is 0 Å². The summed E-state index contributed by atoms with van der Waals surface area (Å²) in [5.74, 6) is -0.377. The fourth-order valence-corrected chi connectivity index (χ4v) is 6.77. The molecular formula is C21H16N8O8S3. The van der Waals surface area contributed by atoms with Crippen LogP contribution < -0.4 is 4.90 Å². The van der Waals surface area contributed by atoms with Gasteiger partial charge in [-0.25, -0.2) is 4.68 Å². The molecule has 206 valence electrons. The Morgan fingerprint density at radius 3 is 2.35 bits per heavy atom. The van der Waals surface area contributed by atoms with Crippen LogP contribution in [0.3, 0.4) is 0 Å². The molecule has 0 spiro atoms. The Morgan fingerprint density at radius 1 is 1.00 bits per heavy atom. The largest absolute Gasteiger partial charge is 0.326 e. The lowest BCUT2D eigenvalue weighted by molar-refractivity contribution is 0.477. The average molecular weight is 605 g/mol. The smallest absolute Gasteiger partial charge is 0.296 e. The Kier molecular flexibility index (Phi) is 6.12. The zero-order valence-electron chi connectivity index (χ0n) is 20.3. The molecule has 0 amide bonds. The molecule has 0 saturated carbocycles. The van der Waals surface area contributed by atoms with Gasteiger partial charge in [0.2, 0.25) is 0 Å². The van der Waals surface area contributed by atoms with Gasteiger partial charge >= 0.3 is 0 Å². The number of nitrogens with zero attached hydrogens (tertiary/aromatic N) is 8. The number of para-hydroxylation sites is 1. The van der Waals surface area contributed by atoms with Crippen molar-refractivity contribution in [3.63, 3.8) is 0 Å². The van der Waals surface area contributed by atoms with Crippen LogP contribution in [0.1, 0.15) is 11.3 Å². The molecule has 0 fully saturated rings. The van der Waals surface area contributed by atoms with Gasteiger partial charge in [-0.05, 0) is 37.3 Å². The first-order valence-electron chi connectivity index (χ1n) is 10.8. The number of nitriles is 1. The highest BCUT2D eigenvalue weighted by Gasteiger charge is 2.36. The summed E-state index contributed by atoms with van der Waals surface area (Å²) in [7, 11) is -12.3. The third-order valence-corrected chi connectivity index (χ3v) is 9.23. The molecule has 40 heavy (non-hydrogen) atoms. The number of aromatic nitrogens is 4. The molecule has 2 aromatic carbocycles. The summed E-state index contributed by atoms with van der Waals surface area (Å²) >= 11 is 0. The van der Waals surface area contributed by atoms with Gasteiger partial charge < -0.3 is 4.90 Å². The van der Waals surface area contributed by atoms with Crippen molar-refractivity contribution in [2.24, 2.45) is 10.2 Å². The molecule has 0 bridgehead atoms. The molecule has 1 aliphatic heterocycles. The van der Waals surface area contributed by atoms with Crippen LogP contribution in [0.2, 0.25) is 0 Å². The maximum absolute atomic E-state index is 13.2. The monoisotopic (exact) mass is 604 g/mol. The van der Waals surface area contributed by atoms with Gasteiger partial charge in [-0.15, -0.1) is 14.3 Å². The second kappa shape index (κ2) is 9.04. The van der Waals surface area contributed by atoms with E-state index in [1.54, 1.807) is 31.3 Å². The van der Waals surface area contributed by atoms with Gasteiger partial charge in [0.05, 0.1) is 28.2 Å². The lowest BCUT2D eigenvalue weighted by Crippen LogP contribution is -2.28. The Balaban J connectivity index is 1.72. The summed E-state index contributed by atoms with van der Waals surface area (Å²) in [6.07, 6.45) is 0.982. The van der Waals surface area contributed by atoms with E-state index in [1.807, 2.05) is 0 Å². The zero-order chi connectivity index (χ0) is 29.2. The van der Waals surface area contributed by atoms with E-state index < -0.39 is 51.6 Å². The quantitative estimate of drug-likeness (QED) is 0.247. The molecule has 4 aromatic rings. The van der Waals surface area contributed by atoms with E-state index in [0.717, 1.165) is 27.1 Å². The summed E-state index contributed by atoms with van der Waals surface area (Å²) < 4.78 is 94.6. The first-order valence-corrected chi connectivity index (χ1v) is 15.2. The Morgan fingerprint density at radius 2 is 1.70 bits per heavy atom. The van der Waals surface area contributed by atoms with Crippen LogP contribution in [-0.2, 0) is 30.3 Å². The van der Waals surface area contributed by atoms with E-state index in [9.17, 15) is 39.6 Å². The number of hydrogen-bond acceptors (Lipinski definition) is 12. The normalized spacial score (nSPS) is 14.6. The predicted octanol–water partition coefficient (Wildman–Crippen LogP) is 2.48. The topological polar surface area (TPSA) is 230 Å². The molecule has 2 N–H and O–H groups in total. The van der Waals surface area contributed by atoms with Crippen LogP contribution in [0.5, 0.6) is 0 Å². The lowest BCUT2D eigenvalue weighted by Gasteiger charge is -2.27. The number of aryl methyl sites for hydroxylation is 1. The highest BCUT2D eigenvalue weighted by atomic mass is 32.2. The molecule has 2 aromatic heterocycles. The summed E-state index contributed by atoms with van der Waals surface area (Å²) in [6, 6.07) is 10.2. The third-order valence-electron chi connectivity index (χ3n) is 5.87. The van der Waals surface area contributed by atoms with E-state index in [4.69, 9.17) is 0 Å². The Labute approximate surface area is 227 Å². The Bertz CT molecular complexity index is 2130. The third kappa shape index (κ3) is 4.23. The van der Waals surface area contributed by atoms with Crippen molar-refractivity contribution in [1.82, 2.24) is 19.0 Å². The molecule has 16 nitrogen and oxygen atoms in total. The van der Waals surface area contributed by atoms with E-state index >= 15 is 0 Å². The number of anilines is 2. The van der Waals surface area contributed by atoms with Crippen molar-refractivity contribution in [3.8, 4) is 11.8 Å². The molecule has 1 aliphatic rings. The van der Waals surface area contributed by atoms with Crippen molar-refractivity contribution in [3.05, 3.63) is 59.9 Å². The SMILES string of the molecule is Cc1nn2c(c1N=Nc1c(C#N)cnn1-c1cc(S(=O)(=O)O)ccc1S(=O)(=O)O)N(C)c1ccccc1S2(=O)=O. The number of fused-ring (bicyclic) bond motifs is 2. The van der Waals surface area contributed by atoms with Crippen LogP contribution in [0.25, 0.3) is 5.69 Å². The Hall–Kier alpha value is -4.48. The van der Waals surface area contributed by atoms with Crippen LogP contribution in [0, 0.1) is 18.3 Å². The number of benzene rings is 2. The molecule has 3 heterocycles. The molecule has 0 atom stereocenters. The zero-order valence-corrected chi connectivity index (χ0v) is 22.7. The first kappa shape index (κ1) is 27.1. The number of hydrogen-bond donors (Lipinski definition) is 2. The van der Waals surface area contributed by atoms with Gasteiger partial charge in [0.1, 0.15) is 21.4 Å². The van der Waals surface area contributed by atoms with E-state index in [-0.39, 0.29) is 27.7 Å². The van der Waals surface area contributed by atoms with Gasteiger partial charge in [-0.1, -0.05) is 12.1 Å². The van der Waals surface area contributed by atoms with Crippen molar-refractivity contribution >= 4 is 53.3 Å². The molecule has 0 aliphatic carbocycles.